The third-order valence-corrected chi connectivity index (χ3v) is 4.68. The van der Waals surface area contributed by atoms with Gasteiger partial charge in [0.05, 0.1) is 16.6 Å². The van der Waals surface area contributed by atoms with Crippen LogP contribution in [0, 0.1) is 11.2 Å². The quantitative estimate of drug-likeness (QED) is 0.881. The third-order valence-electron chi connectivity index (χ3n) is 4.07. The highest BCUT2D eigenvalue weighted by Gasteiger charge is 2.32. The first-order valence-corrected chi connectivity index (χ1v) is 7.70. The molecule has 2 rings (SSSR count). The maximum atomic E-state index is 13.8. The fourth-order valence-electron chi connectivity index (χ4n) is 2.73. The van der Waals surface area contributed by atoms with Crippen molar-refractivity contribution in [2.75, 3.05) is 13.2 Å². The molecular formula is C15H19BrFNO2. The predicted molar refractivity (Wildman–Crippen MR) is 79.0 cm³/mol. The summed E-state index contributed by atoms with van der Waals surface area (Å²) in [4.78, 5) is 12.1. The number of amides is 1. The van der Waals surface area contributed by atoms with Crippen LogP contribution in [0.3, 0.4) is 0 Å². The van der Waals surface area contributed by atoms with E-state index in [1.54, 1.807) is 12.1 Å². The lowest BCUT2D eigenvalue weighted by molar-refractivity contribution is 0.0716. The lowest BCUT2D eigenvalue weighted by Gasteiger charge is -2.35. The summed E-state index contributed by atoms with van der Waals surface area (Å²) in [5.41, 5.74) is -0.209. The van der Waals surface area contributed by atoms with Crippen LogP contribution < -0.4 is 5.32 Å². The smallest absolute Gasteiger partial charge is 0.254 e. The third kappa shape index (κ3) is 3.38. The molecule has 0 atom stereocenters. The molecule has 0 bridgehead atoms. The van der Waals surface area contributed by atoms with Gasteiger partial charge in [0, 0.05) is 12.0 Å². The number of aliphatic hydroxyl groups is 1. The van der Waals surface area contributed by atoms with Crippen molar-refractivity contribution in [3.63, 3.8) is 0 Å². The van der Waals surface area contributed by atoms with E-state index in [1.807, 2.05) is 0 Å². The highest BCUT2D eigenvalue weighted by molar-refractivity contribution is 9.10. The van der Waals surface area contributed by atoms with E-state index < -0.39 is 11.7 Å². The van der Waals surface area contributed by atoms with Crippen molar-refractivity contribution in [3.05, 3.63) is 34.1 Å². The van der Waals surface area contributed by atoms with Crippen LogP contribution in [0.1, 0.15) is 42.5 Å². The van der Waals surface area contributed by atoms with Crippen molar-refractivity contribution in [1.82, 2.24) is 5.32 Å². The van der Waals surface area contributed by atoms with Crippen LogP contribution in [0.4, 0.5) is 4.39 Å². The molecule has 0 radical (unpaired) electrons. The average Bonchev–Trinajstić information content (AvgIpc) is 2.48. The van der Waals surface area contributed by atoms with Gasteiger partial charge in [0.25, 0.3) is 5.91 Å². The van der Waals surface area contributed by atoms with E-state index >= 15 is 0 Å². The molecule has 0 aliphatic heterocycles. The molecule has 0 aromatic heterocycles. The minimum atomic E-state index is -0.549. The van der Waals surface area contributed by atoms with E-state index in [-0.39, 0.29) is 22.1 Å². The fraction of sp³-hybridized carbons (Fsp3) is 0.533. The molecular weight excluding hydrogens is 325 g/mol. The first kappa shape index (κ1) is 15.4. The predicted octanol–water partition coefficient (Wildman–Crippen LogP) is 3.26. The minimum absolute atomic E-state index is 0.0308. The normalized spacial score (nSPS) is 17.8. The molecule has 0 heterocycles. The number of halogens is 2. The molecule has 1 aliphatic rings. The van der Waals surface area contributed by atoms with Crippen LogP contribution in [0.2, 0.25) is 0 Å². The van der Waals surface area contributed by atoms with Gasteiger partial charge >= 0.3 is 0 Å². The van der Waals surface area contributed by atoms with E-state index in [4.69, 9.17) is 0 Å². The van der Waals surface area contributed by atoms with E-state index in [2.05, 4.69) is 21.2 Å². The molecule has 110 valence electrons. The molecule has 20 heavy (non-hydrogen) atoms. The first-order chi connectivity index (χ1) is 9.58. The second-order valence-corrected chi connectivity index (χ2v) is 6.36. The number of rotatable bonds is 4. The van der Waals surface area contributed by atoms with Gasteiger partial charge in [-0.25, -0.2) is 4.39 Å². The largest absolute Gasteiger partial charge is 0.396 e. The highest BCUT2D eigenvalue weighted by atomic mass is 79.9. The van der Waals surface area contributed by atoms with Crippen molar-refractivity contribution < 1.29 is 14.3 Å². The average molecular weight is 344 g/mol. The zero-order chi connectivity index (χ0) is 14.6. The van der Waals surface area contributed by atoms with Gasteiger partial charge in [0.2, 0.25) is 0 Å². The van der Waals surface area contributed by atoms with E-state index in [0.717, 1.165) is 25.7 Å². The molecule has 1 saturated carbocycles. The number of benzene rings is 1. The van der Waals surface area contributed by atoms with Crippen molar-refractivity contribution >= 4 is 21.8 Å². The molecule has 0 saturated heterocycles. The number of carbonyl (C=O) groups excluding carboxylic acids is 1. The Morgan fingerprint density at radius 2 is 2.05 bits per heavy atom. The van der Waals surface area contributed by atoms with Crippen LogP contribution in [-0.4, -0.2) is 24.2 Å². The minimum Gasteiger partial charge on any atom is -0.396 e. The summed E-state index contributed by atoms with van der Waals surface area (Å²) in [6.45, 7) is 0.461. The second kappa shape index (κ2) is 6.68. The summed E-state index contributed by atoms with van der Waals surface area (Å²) in [6.07, 6.45) is 5.13. The van der Waals surface area contributed by atoms with Crippen LogP contribution in [0.15, 0.2) is 22.7 Å². The molecule has 1 aromatic carbocycles. The van der Waals surface area contributed by atoms with Gasteiger partial charge in [0.15, 0.2) is 0 Å². The Bertz CT molecular complexity index is 487. The van der Waals surface area contributed by atoms with Crippen molar-refractivity contribution in [2.24, 2.45) is 5.41 Å². The number of hydrogen-bond acceptors (Lipinski definition) is 2. The molecule has 1 aliphatic carbocycles. The van der Waals surface area contributed by atoms with E-state index in [1.165, 1.54) is 12.5 Å². The zero-order valence-corrected chi connectivity index (χ0v) is 12.9. The number of hydrogen-bond donors (Lipinski definition) is 2. The molecule has 1 aromatic rings. The molecule has 1 fully saturated rings. The SMILES string of the molecule is O=C(NCC1(CO)CCCCC1)c1cccc(Br)c1F. The van der Waals surface area contributed by atoms with Crippen molar-refractivity contribution in [2.45, 2.75) is 32.1 Å². The maximum Gasteiger partial charge on any atom is 0.254 e. The Labute approximate surface area is 126 Å². The standard InChI is InChI=1S/C15H19BrFNO2/c16-12-6-4-5-11(13(12)17)14(20)18-9-15(10-19)7-2-1-3-8-15/h4-6,19H,1-3,7-10H2,(H,18,20). The van der Waals surface area contributed by atoms with Gasteiger partial charge in [-0.15, -0.1) is 0 Å². The molecule has 0 unspecified atom stereocenters. The van der Waals surface area contributed by atoms with Gasteiger partial charge < -0.3 is 10.4 Å². The van der Waals surface area contributed by atoms with Gasteiger partial charge in [-0.3, -0.25) is 4.79 Å². The van der Waals surface area contributed by atoms with E-state index in [9.17, 15) is 14.3 Å². The van der Waals surface area contributed by atoms with E-state index in [0.29, 0.717) is 6.54 Å². The zero-order valence-electron chi connectivity index (χ0n) is 11.3. The highest BCUT2D eigenvalue weighted by Crippen LogP contribution is 2.35. The maximum absolute atomic E-state index is 13.8. The van der Waals surface area contributed by atoms with Crippen molar-refractivity contribution in [1.29, 1.82) is 0 Å². The van der Waals surface area contributed by atoms with Crippen LogP contribution >= 0.6 is 15.9 Å². The summed E-state index contributed by atoms with van der Waals surface area (Å²) in [7, 11) is 0. The lowest BCUT2D eigenvalue weighted by atomic mass is 9.74. The Balaban J connectivity index is 2.02. The molecule has 2 N–H and O–H groups in total. The summed E-state index contributed by atoms with van der Waals surface area (Å²) in [6, 6.07) is 4.65. The molecule has 0 spiro atoms. The topological polar surface area (TPSA) is 49.3 Å². The first-order valence-electron chi connectivity index (χ1n) is 6.91. The van der Waals surface area contributed by atoms with Gasteiger partial charge in [-0.05, 0) is 40.9 Å². The van der Waals surface area contributed by atoms with Gasteiger partial charge in [-0.2, -0.15) is 0 Å². The number of carbonyl (C=O) groups is 1. The van der Waals surface area contributed by atoms with Crippen LogP contribution in [0.5, 0.6) is 0 Å². The summed E-state index contributed by atoms with van der Waals surface area (Å²) >= 11 is 3.07. The Kier molecular flexibility index (Phi) is 5.16. The number of aliphatic hydroxyl groups excluding tert-OH is 1. The Morgan fingerprint density at radius 1 is 1.35 bits per heavy atom. The van der Waals surface area contributed by atoms with Gasteiger partial charge in [0.1, 0.15) is 5.82 Å². The lowest BCUT2D eigenvalue weighted by Crippen LogP contribution is -2.41. The molecule has 3 nitrogen and oxygen atoms in total. The summed E-state index contributed by atoms with van der Waals surface area (Å²) < 4.78 is 14.1. The van der Waals surface area contributed by atoms with Crippen LogP contribution in [-0.2, 0) is 0 Å². The Hall–Kier alpha value is -0.940. The Morgan fingerprint density at radius 3 is 2.70 bits per heavy atom. The molecule has 1 amide bonds. The number of nitrogens with one attached hydrogen (secondary N) is 1. The monoisotopic (exact) mass is 343 g/mol. The molecule has 5 heteroatoms. The fourth-order valence-corrected chi connectivity index (χ4v) is 3.10. The second-order valence-electron chi connectivity index (χ2n) is 5.50. The van der Waals surface area contributed by atoms with Gasteiger partial charge in [-0.1, -0.05) is 25.3 Å². The summed E-state index contributed by atoms with van der Waals surface area (Å²) in [5.74, 6) is -0.978. The summed E-state index contributed by atoms with van der Waals surface area (Å²) in [5, 5.41) is 12.4. The van der Waals surface area contributed by atoms with Crippen LogP contribution in [0.25, 0.3) is 0 Å². The van der Waals surface area contributed by atoms with Crippen molar-refractivity contribution in [3.8, 4) is 0 Å².